The second-order valence-electron chi connectivity index (χ2n) is 15.9. The van der Waals surface area contributed by atoms with Crippen LogP contribution in [0.3, 0.4) is 0 Å². The highest BCUT2D eigenvalue weighted by Crippen LogP contribution is 2.32. The lowest BCUT2D eigenvalue weighted by Gasteiger charge is -2.37. The second kappa shape index (κ2) is 21.2. The van der Waals surface area contributed by atoms with Gasteiger partial charge in [-0.3, -0.25) is 14.5 Å². The standard InChI is InChI=1S/C38H72N4O5S/c1-17-27(8)33(41-36(46)47-37(11,12)13)28(9)39-30(18-21-48-16)35(45)40-31(22-24(2)3)32(44)23-38(14,29(10)43)19-20-42(15)34(25(4)5)26(6)7/h24,26-27,30-34,39,44H,4,9,17-23H2,1-3,5-8,10-16H3,(H,40,45)(H,41,46)/t27?,30?,31-,32?,33-,34+,38-/m0/s1. The third-order valence-corrected chi connectivity index (χ3v) is 9.85. The van der Waals surface area contributed by atoms with Gasteiger partial charge in [-0.25, -0.2) is 4.79 Å². The van der Waals surface area contributed by atoms with Gasteiger partial charge in [0.25, 0.3) is 0 Å². The van der Waals surface area contributed by atoms with E-state index in [1.165, 1.54) is 0 Å². The molecule has 3 unspecified atom stereocenters. The number of Topliss-reactive ketones (excluding diaryl/α,β-unsaturated/α-hetero) is 1. The molecule has 0 aromatic carbocycles. The van der Waals surface area contributed by atoms with Gasteiger partial charge in [0.1, 0.15) is 17.4 Å². The van der Waals surface area contributed by atoms with Crippen molar-refractivity contribution >= 4 is 29.5 Å². The first-order valence-corrected chi connectivity index (χ1v) is 19.2. The molecule has 4 N–H and O–H groups in total. The summed E-state index contributed by atoms with van der Waals surface area (Å²) in [5.74, 6) is 1.10. The molecule has 0 aliphatic carbocycles. The average molecular weight is 697 g/mol. The summed E-state index contributed by atoms with van der Waals surface area (Å²) < 4.78 is 5.51. The number of carbonyl (C=O) groups excluding carboxylic acids is 3. The van der Waals surface area contributed by atoms with Crippen LogP contribution in [0.25, 0.3) is 0 Å². The Kier molecular flexibility index (Phi) is 20.3. The van der Waals surface area contributed by atoms with E-state index in [-0.39, 0.29) is 36.0 Å². The Balaban J connectivity index is 6.08. The number of nitrogens with one attached hydrogen (secondary N) is 3. The number of rotatable bonds is 23. The Morgan fingerprint density at radius 3 is 2.00 bits per heavy atom. The van der Waals surface area contributed by atoms with Crippen LogP contribution in [0.2, 0.25) is 0 Å². The van der Waals surface area contributed by atoms with Crippen LogP contribution in [-0.2, 0) is 14.3 Å². The summed E-state index contributed by atoms with van der Waals surface area (Å²) in [5.41, 5.74) is 0.188. The van der Waals surface area contributed by atoms with Crippen molar-refractivity contribution in [1.29, 1.82) is 0 Å². The molecule has 10 heteroatoms. The van der Waals surface area contributed by atoms with Crippen LogP contribution >= 0.6 is 11.8 Å². The fraction of sp³-hybridized carbons (Fsp3) is 0.816. The summed E-state index contributed by atoms with van der Waals surface area (Å²) in [4.78, 5) is 42.0. The van der Waals surface area contributed by atoms with Crippen molar-refractivity contribution < 1.29 is 24.2 Å². The molecule has 0 aliphatic heterocycles. The number of ether oxygens (including phenoxy) is 1. The van der Waals surface area contributed by atoms with Crippen molar-refractivity contribution in [1.82, 2.24) is 20.9 Å². The van der Waals surface area contributed by atoms with Gasteiger partial charge in [-0.1, -0.05) is 73.6 Å². The highest BCUT2D eigenvalue weighted by atomic mass is 32.2. The van der Waals surface area contributed by atoms with E-state index in [1.54, 1.807) is 18.7 Å². The SMILES string of the molecule is C=C(NC(CCSC)C(=O)N[C@@H](CC(C)C)C(O)C[C@](C)(CCN(C)[C@H](C(=C)C)C(C)C)C(C)=O)[C@@H](NC(=O)OC(C)(C)C)C(C)CC. The maximum absolute atomic E-state index is 13.9. The van der Waals surface area contributed by atoms with Crippen molar-refractivity contribution in [2.45, 2.75) is 151 Å². The predicted molar refractivity (Wildman–Crippen MR) is 203 cm³/mol. The molecule has 7 atom stereocenters. The Morgan fingerprint density at radius 2 is 1.56 bits per heavy atom. The first-order valence-electron chi connectivity index (χ1n) is 17.8. The van der Waals surface area contributed by atoms with Crippen LogP contribution in [0.5, 0.6) is 0 Å². The quantitative estimate of drug-likeness (QED) is 0.0848. The summed E-state index contributed by atoms with van der Waals surface area (Å²) in [5, 5.41) is 21.1. The predicted octanol–water partition coefficient (Wildman–Crippen LogP) is 6.95. The first-order chi connectivity index (χ1) is 22.0. The minimum absolute atomic E-state index is 0.0189. The minimum Gasteiger partial charge on any atom is -0.444 e. The minimum atomic E-state index is -0.927. The molecule has 0 aliphatic rings. The number of hydrogen-bond donors (Lipinski definition) is 4. The molecule has 0 radical (unpaired) electrons. The third-order valence-electron chi connectivity index (χ3n) is 9.20. The molecular formula is C38H72N4O5S. The topological polar surface area (TPSA) is 120 Å². The monoisotopic (exact) mass is 697 g/mol. The van der Waals surface area contributed by atoms with Gasteiger partial charge in [0.05, 0.1) is 18.2 Å². The molecule has 0 rings (SSSR count). The van der Waals surface area contributed by atoms with Gasteiger partial charge in [0.2, 0.25) is 5.91 Å². The molecular weight excluding hydrogens is 625 g/mol. The fourth-order valence-electron chi connectivity index (χ4n) is 6.21. The van der Waals surface area contributed by atoms with Crippen LogP contribution in [0.15, 0.2) is 24.4 Å². The van der Waals surface area contributed by atoms with Gasteiger partial charge in [-0.2, -0.15) is 11.8 Å². The second-order valence-corrected chi connectivity index (χ2v) is 16.9. The fourth-order valence-corrected chi connectivity index (χ4v) is 6.68. The van der Waals surface area contributed by atoms with Gasteiger partial charge in [-0.15, -0.1) is 0 Å². The highest BCUT2D eigenvalue weighted by Gasteiger charge is 2.37. The van der Waals surface area contributed by atoms with E-state index in [0.29, 0.717) is 37.4 Å². The number of likely N-dealkylation sites (N-methyl/N-ethyl adjacent to an activating group) is 1. The Labute approximate surface area is 298 Å². The zero-order chi connectivity index (χ0) is 37.6. The molecule has 0 heterocycles. The Hall–Kier alpha value is -2.04. The maximum atomic E-state index is 13.9. The van der Waals surface area contributed by atoms with Gasteiger partial charge in [-0.05, 0) is 104 Å². The molecule has 0 saturated heterocycles. The summed E-state index contributed by atoms with van der Waals surface area (Å²) in [6.07, 6.45) is 3.18. The molecule has 0 bridgehead atoms. The molecule has 2 amide bonds. The van der Waals surface area contributed by atoms with Gasteiger partial charge >= 0.3 is 6.09 Å². The highest BCUT2D eigenvalue weighted by molar-refractivity contribution is 7.98. The molecule has 280 valence electrons. The number of amides is 2. The van der Waals surface area contributed by atoms with Crippen molar-refractivity contribution in [3.63, 3.8) is 0 Å². The van der Waals surface area contributed by atoms with Crippen LogP contribution in [0.4, 0.5) is 4.79 Å². The molecule has 9 nitrogen and oxygen atoms in total. The van der Waals surface area contributed by atoms with Crippen LogP contribution in [0.1, 0.15) is 115 Å². The maximum Gasteiger partial charge on any atom is 0.408 e. The summed E-state index contributed by atoms with van der Waals surface area (Å²) in [7, 11) is 2.06. The van der Waals surface area contributed by atoms with E-state index in [1.807, 2.05) is 54.7 Å². The molecule has 0 aromatic rings. The van der Waals surface area contributed by atoms with Gasteiger partial charge < -0.3 is 25.8 Å². The Morgan fingerprint density at radius 1 is 0.979 bits per heavy atom. The lowest BCUT2D eigenvalue weighted by molar-refractivity contribution is -0.129. The molecule has 48 heavy (non-hydrogen) atoms. The average Bonchev–Trinajstić information content (AvgIpc) is 2.94. The zero-order valence-electron chi connectivity index (χ0n) is 32.9. The molecule has 0 fully saturated rings. The molecule has 0 spiro atoms. The van der Waals surface area contributed by atoms with Crippen molar-refractivity contribution in [3.05, 3.63) is 24.4 Å². The number of alkyl carbamates (subject to hydrolysis) is 1. The number of thioether (sulfide) groups is 1. The number of hydrogen-bond acceptors (Lipinski definition) is 8. The van der Waals surface area contributed by atoms with Crippen molar-refractivity contribution in [3.8, 4) is 0 Å². The van der Waals surface area contributed by atoms with E-state index in [4.69, 9.17) is 4.74 Å². The summed E-state index contributed by atoms with van der Waals surface area (Å²) in [6, 6.07) is -1.45. The van der Waals surface area contributed by atoms with E-state index < -0.39 is 41.3 Å². The third kappa shape index (κ3) is 16.6. The number of carbonyl (C=O) groups is 3. The van der Waals surface area contributed by atoms with Crippen LogP contribution < -0.4 is 16.0 Å². The smallest absolute Gasteiger partial charge is 0.408 e. The molecule has 0 saturated carbocycles. The van der Waals surface area contributed by atoms with Gasteiger partial charge in [0.15, 0.2) is 0 Å². The van der Waals surface area contributed by atoms with E-state index >= 15 is 0 Å². The number of aliphatic hydroxyl groups is 1. The Bertz CT molecular complexity index is 1040. The van der Waals surface area contributed by atoms with Crippen molar-refractivity contribution in [2.24, 2.45) is 23.2 Å². The van der Waals surface area contributed by atoms with E-state index in [0.717, 1.165) is 17.7 Å². The van der Waals surface area contributed by atoms with Gasteiger partial charge in [0, 0.05) is 17.2 Å². The largest absolute Gasteiger partial charge is 0.444 e. The normalized spacial score (nSPS) is 17.1. The number of aliphatic hydroxyl groups excluding tert-OH is 1. The van der Waals surface area contributed by atoms with Crippen LogP contribution in [0, 0.1) is 23.2 Å². The lowest BCUT2D eigenvalue weighted by Crippen LogP contribution is -2.54. The zero-order valence-corrected chi connectivity index (χ0v) is 33.7. The number of nitrogens with zero attached hydrogens (tertiary/aromatic N) is 1. The van der Waals surface area contributed by atoms with E-state index in [9.17, 15) is 19.5 Å². The molecule has 0 aromatic heterocycles. The van der Waals surface area contributed by atoms with Crippen molar-refractivity contribution in [2.75, 3.05) is 25.6 Å². The number of ketones is 1. The summed E-state index contributed by atoms with van der Waals surface area (Å²) in [6.45, 7) is 32.6. The first kappa shape index (κ1) is 46.0. The van der Waals surface area contributed by atoms with Crippen LogP contribution in [-0.4, -0.2) is 89.3 Å². The van der Waals surface area contributed by atoms with E-state index in [2.05, 4.69) is 68.8 Å². The summed E-state index contributed by atoms with van der Waals surface area (Å²) >= 11 is 1.63. The lowest BCUT2D eigenvalue weighted by atomic mass is 9.75.